The van der Waals surface area contributed by atoms with Crippen LogP contribution in [-0.4, -0.2) is 25.5 Å². The Morgan fingerprint density at radius 2 is 1.67 bits per heavy atom. The van der Waals surface area contributed by atoms with Gasteiger partial charge in [-0.05, 0) is 60.2 Å². The van der Waals surface area contributed by atoms with E-state index < -0.39 is 17.6 Å². The van der Waals surface area contributed by atoms with E-state index in [0.717, 1.165) is 0 Å². The quantitative estimate of drug-likeness (QED) is 0.395. The number of hydrogen-bond acceptors (Lipinski definition) is 5. The van der Waals surface area contributed by atoms with Crippen molar-refractivity contribution in [2.75, 3.05) is 24.4 Å². The van der Waals surface area contributed by atoms with Crippen molar-refractivity contribution in [2.24, 2.45) is 0 Å². The summed E-state index contributed by atoms with van der Waals surface area (Å²) in [6.07, 6.45) is 1.42. The molecule has 0 aromatic heterocycles. The standard InChI is InChI=1S/C25H20FN3O4/c1-32-23-14-17(13-18(15-27)25(31)29-20-5-3-2-4-6-20)7-12-22(23)33-16-24(30)28-21-10-8-19(26)9-11-21/h2-14H,16H2,1H3,(H,28,30)(H,29,31)/b18-13+. The van der Waals surface area contributed by atoms with Crippen LogP contribution in [-0.2, 0) is 9.59 Å². The van der Waals surface area contributed by atoms with E-state index in [0.29, 0.717) is 28.4 Å². The van der Waals surface area contributed by atoms with Crippen LogP contribution in [0.5, 0.6) is 11.5 Å². The fourth-order valence-electron chi connectivity index (χ4n) is 2.80. The fourth-order valence-corrected chi connectivity index (χ4v) is 2.80. The number of halogens is 1. The average molecular weight is 445 g/mol. The zero-order chi connectivity index (χ0) is 23.6. The van der Waals surface area contributed by atoms with E-state index >= 15 is 0 Å². The first-order valence-electron chi connectivity index (χ1n) is 9.83. The molecule has 8 heteroatoms. The molecule has 3 aromatic carbocycles. The van der Waals surface area contributed by atoms with Crippen LogP contribution in [0.4, 0.5) is 15.8 Å². The maximum atomic E-state index is 13.0. The molecule has 0 aliphatic carbocycles. The summed E-state index contributed by atoms with van der Waals surface area (Å²) in [6.45, 7) is -0.300. The molecule has 0 saturated carbocycles. The van der Waals surface area contributed by atoms with E-state index in [1.165, 1.54) is 37.5 Å². The number of rotatable bonds is 8. The van der Waals surface area contributed by atoms with Gasteiger partial charge in [0.25, 0.3) is 11.8 Å². The summed E-state index contributed by atoms with van der Waals surface area (Å²) in [5.41, 5.74) is 1.46. The molecular weight excluding hydrogens is 425 g/mol. The molecule has 3 aromatic rings. The summed E-state index contributed by atoms with van der Waals surface area (Å²) >= 11 is 0. The number of hydrogen-bond donors (Lipinski definition) is 2. The minimum absolute atomic E-state index is 0.0896. The summed E-state index contributed by atoms with van der Waals surface area (Å²) in [6, 6.07) is 20.8. The van der Waals surface area contributed by atoms with Crippen LogP contribution in [0.25, 0.3) is 6.08 Å². The second kappa shape index (κ2) is 11.1. The van der Waals surface area contributed by atoms with Crippen LogP contribution in [0.15, 0.2) is 78.4 Å². The number of carbonyl (C=O) groups excluding carboxylic acids is 2. The topological polar surface area (TPSA) is 100 Å². The highest BCUT2D eigenvalue weighted by molar-refractivity contribution is 6.09. The van der Waals surface area contributed by atoms with Gasteiger partial charge >= 0.3 is 0 Å². The van der Waals surface area contributed by atoms with Crippen LogP contribution >= 0.6 is 0 Å². The summed E-state index contributed by atoms with van der Waals surface area (Å²) in [5.74, 6) is -0.757. The molecule has 2 N–H and O–H groups in total. The third-order valence-corrected chi connectivity index (χ3v) is 4.38. The first kappa shape index (κ1) is 23.0. The Labute approximate surface area is 190 Å². The fraction of sp³-hybridized carbons (Fsp3) is 0.0800. The Balaban J connectivity index is 1.66. The first-order chi connectivity index (χ1) is 16.0. The lowest BCUT2D eigenvalue weighted by atomic mass is 10.1. The second-order valence-electron chi connectivity index (χ2n) is 6.74. The van der Waals surface area contributed by atoms with Crippen LogP contribution in [0.2, 0.25) is 0 Å². The van der Waals surface area contributed by atoms with Crippen molar-refractivity contribution >= 4 is 29.3 Å². The highest BCUT2D eigenvalue weighted by atomic mass is 19.1. The maximum Gasteiger partial charge on any atom is 0.266 e. The van der Waals surface area contributed by atoms with E-state index in [-0.39, 0.29) is 12.2 Å². The van der Waals surface area contributed by atoms with Crippen molar-refractivity contribution in [3.05, 3.63) is 89.8 Å². The molecular formula is C25H20FN3O4. The van der Waals surface area contributed by atoms with E-state index in [2.05, 4.69) is 10.6 Å². The van der Waals surface area contributed by atoms with E-state index in [1.54, 1.807) is 42.5 Å². The van der Waals surface area contributed by atoms with Crippen LogP contribution in [0.1, 0.15) is 5.56 Å². The second-order valence-corrected chi connectivity index (χ2v) is 6.74. The molecule has 0 fully saturated rings. The normalized spacial score (nSPS) is 10.6. The zero-order valence-corrected chi connectivity index (χ0v) is 17.7. The molecule has 33 heavy (non-hydrogen) atoms. The number of amides is 2. The number of nitrogens with zero attached hydrogens (tertiary/aromatic N) is 1. The molecule has 166 valence electrons. The summed E-state index contributed by atoms with van der Waals surface area (Å²) in [7, 11) is 1.43. The van der Waals surface area contributed by atoms with Crippen molar-refractivity contribution in [3.63, 3.8) is 0 Å². The number of methoxy groups -OCH3 is 1. The molecule has 0 radical (unpaired) electrons. The van der Waals surface area contributed by atoms with Crippen molar-refractivity contribution in [1.82, 2.24) is 0 Å². The maximum absolute atomic E-state index is 13.0. The Hall–Kier alpha value is -4.64. The highest BCUT2D eigenvalue weighted by Gasteiger charge is 2.12. The Morgan fingerprint density at radius 1 is 0.970 bits per heavy atom. The van der Waals surface area contributed by atoms with E-state index in [9.17, 15) is 19.2 Å². The largest absolute Gasteiger partial charge is 0.493 e. The molecule has 0 aliphatic rings. The van der Waals surface area contributed by atoms with Crippen LogP contribution in [0, 0.1) is 17.1 Å². The third kappa shape index (κ3) is 6.67. The molecule has 0 heterocycles. The Bertz CT molecular complexity index is 1200. The summed E-state index contributed by atoms with van der Waals surface area (Å²) in [5, 5.41) is 14.6. The monoisotopic (exact) mass is 445 g/mol. The third-order valence-electron chi connectivity index (χ3n) is 4.38. The molecule has 3 rings (SSSR count). The molecule has 0 aliphatic heterocycles. The van der Waals surface area contributed by atoms with Gasteiger partial charge in [0.15, 0.2) is 18.1 Å². The number of ether oxygens (including phenoxy) is 2. The molecule has 2 amide bonds. The van der Waals surface area contributed by atoms with Gasteiger partial charge in [-0.3, -0.25) is 9.59 Å². The van der Waals surface area contributed by atoms with E-state index in [4.69, 9.17) is 9.47 Å². The lowest BCUT2D eigenvalue weighted by molar-refractivity contribution is -0.118. The predicted molar refractivity (Wildman–Crippen MR) is 122 cm³/mol. The van der Waals surface area contributed by atoms with Gasteiger partial charge in [-0.2, -0.15) is 5.26 Å². The van der Waals surface area contributed by atoms with Gasteiger partial charge in [0.05, 0.1) is 7.11 Å². The lowest BCUT2D eigenvalue weighted by Crippen LogP contribution is -2.20. The predicted octanol–water partition coefficient (Wildman–Crippen LogP) is 4.40. The number of anilines is 2. The minimum Gasteiger partial charge on any atom is -0.493 e. The Morgan fingerprint density at radius 3 is 2.33 bits per heavy atom. The molecule has 0 spiro atoms. The van der Waals surface area contributed by atoms with Crippen molar-refractivity contribution in [3.8, 4) is 17.6 Å². The number of nitriles is 1. The van der Waals surface area contributed by atoms with Gasteiger partial charge in [-0.15, -0.1) is 0 Å². The zero-order valence-electron chi connectivity index (χ0n) is 17.7. The first-order valence-corrected chi connectivity index (χ1v) is 9.83. The molecule has 0 unspecified atom stereocenters. The van der Waals surface area contributed by atoms with Crippen molar-refractivity contribution in [1.29, 1.82) is 5.26 Å². The summed E-state index contributed by atoms with van der Waals surface area (Å²) in [4.78, 5) is 24.5. The number of para-hydroxylation sites is 1. The van der Waals surface area contributed by atoms with Gasteiger partial charge in [0.1, 0.15) is 17.5 Å². The molecule has 0 saturated heterocycles. The van der Waals surface area contributed by atoms with Gasteiger partial charge in [0.2, 0.25) is 0 Å². The molecule has 0 bridgehead atoms. The summed E-state index contributed by atoms with van der Waals surface area (Å²) < 4.78 is 23.8. The van der Waals surface area contributed by atoms with Crippen LogP contribution < -0.4 is 20.1 Å². The van der Waals surface area contributed by atoms with Gasteiger partial charge in [-0.1, -0.05) is 24.3 Å². The lowest BCUT2D eigenvalue weighted by Gasteiger charge is -2.12. The number of benzene rings is 3. The Kier molecular flexibility index (Phi) is 7.76. The molecule has 0 atom stereocenters. The van der Waals surface area contributed by atoms with Crippen molar-refractivity contribution in [2.45, 2.75) is 0 Å². The highest BCUT2D eigenvalue weighted by Crippen LogP contribution is 2.29. The van der Waals surface area contributed by atoms with Gasteiger partial charge in [-0.25, -0.2) is 4.39 Å². The van der Waals surface area contributed by atoms with Gasteiger partial charge in [0, 0.05) is 11.4 Å². The van der Waals surface area contributed by atoms with Crippen molar-refractivity contribution < 1.29 is 23.5 Å². The number of nitrogens with one attached hydrogen (secondary N) is 2. The van der Waals surface area contributed by atoms with Gasteiger partial charge < -0.3 is 20.1 Å². The SMILES string of the molecule is COc1cc(/C=C(\C#N)C(=O)Nc2ccccc2)ccc1OCC(=O)Nc1ccc(F)cc1. The smallest absolute Gasteiger partial charge is 0.266 e. The molecule has 7 nitrogen and oxygen atoms in total. The van der Waals surface area contributed by atoms with Crippen LogP contribution in [0.3, 0.4) is 0 Å². The van der Waals surface area contributed by atoms with E-state index in [1.807, 2.05) is 12.1 Å². The number of carbonyl (C=O) groups is 2. The minimum atomic E-state index is -0.541. The average Bonchev–Trinajstić information content (AvgIpc) is 2.83.